The zero-order chi connectivity index (χ0) is 12.8. The molecule has 1 saturated carbocycles. The van der Waals surface area contributed by atoms with Gasteiger partial charge in [-0.3, -0.25) is 0 Å². The molecule has 1 aromatic heterocycles. The highest BCUT2D eigenvalue weighted by Gasteiger charge is 2.14. The molecule has 0 spiro atoms. The molecular formula is C14H21NO3. The number of rotatable bonds is 7. The van der Waals surface area contributed by atoms with Crippen LogP contribution in [0.15, 0.2) is 16.7 Å². The Morgan fingerprint density at radius 3 is 2.94 bits per heavy atom. The molecule has 2 N–H and O–H groups in total. The molecular weight excluding hydrogens is 230 g/mol. The van der Waals surface area contributed by atoms with Crippen molar-refractivity contribution >= 4 is 5.97 Å². The molecule has 1 aliphatic carbocycles. The number of carboxylic acids is 1. The van der Waals surface area contributed by atoms with Crippen molar-refractivity contribution in [2.75, 3.05) is 6.54 Å². The van der Waals surface area contributed by atoms with Crippen molar-refractivity contribution in [1.82, 2.24) is 5.32 Å². The van der Waals surface area contributed by atoms with E-state index in [2.05, 4.69) is 5.32 Å². The van der Waals surface area contributed by atoms with Gasteiger partial charge in [-0.05, 0) is 31.4 Å². The Balaban J connectivity index is 1.62. The Labute approximate surface area is 107 Å². The van der Waals surface area contributed by atoms with E-state index in [0.29, 0.717) is 12.3 Å². The summed E-state index contributed by atoms with van der Waals surface area (Å²) in [5, 5.41) is 12.2. The first-order chi connectivity index (χ1) is 8.77. The minimum Gasteiger partial charge on any atom is -0.478 e. The van der Waals surface area contributed by atoms with Gasteiger partial charge >= 0.3 is 5.97 Å². The maximum Gasteiger partial charge on any atom is 0.339 e. The van der Waals surface area contributed by atoms with E-state index in [-0.39, 0.29) is 5.56 Å². The van der Waals surface area contributed by atoms with Crippen LogP contribution in [0.4, 0.5) is 0 Å². The second-order valence-corrected chi connectivity index (χ2v) is 5.03. The van der Waals surface area contributed by atoms with Gasteiger partial charge in [-0.25, -0.2) is 4.79 Å². The summed E-state index contributed by atoms with van der Waals surface area (Å²) in [5.74, 6) is 0.514. The van der Waals surface area contributed by atoms with E-state index in [0.717, 1.165) is 18.9 Å². The molecule has 4 heteroatoms. The number of nitrogens with one attached hydrogen (secondary N) is 1. The van der Waals surface area contributed by atoms with Gasteiger partial charge in [0.1, 0.15) is 11.3 Å². The Kier molecular flexibility index (Phi) is 4.81. The predicted molar refractivity (Wildman–Crippen MR) is 68.6 cm³/mol. The highest BCUT2D eigenvalue weighted by molar-refractivity contribution is 5.88. The molecule has 100 valence electrons. The second kappa shape index (κ2) is 6.59. The average Bonchev–Trinajstić information content (AvgIpc) is 2.98. The molecule has 1 aromatic rings. The minimum absolute atomic E-state index is 0.262. The van der Waals surface area contributed by atoms with Crippen LogP contribution >= 0.6 is 0 Å². The maximum absolute atomic E-state index is 10.9. The van der Waals surface area contributed by atoms with Crippen molar-refractivity contribution in [2.24, 2.45) is 5.92 Å². The molecule has 0 aromatic carbocycles. The smallest absolute Gasteiger partial charge is 0.339 e. The van der Waals surface area contributed by atoms with Crippen molar-refractivity contribution < 1.29 is 14.3 Å². The summed E-state index contributed by atoms with van der Waals surface area (Å²) < 4.78 is 5.16. The molecule has 0 bridgehead atoms. The summed E-state index contributed by atoms with van der Waals surface area (Å²) in [7, 11) is 0. The van der Waals surface area contributed by atoms with Crippen molar-refractivity contribution in [2.45, 2.75) is 45.1 Å². The maximum atomic E-state index is 10.9. The van der Waals surface area contributed by atoms with Crippen LogP contribution in [0.25, 0.3) is 0 Å². The minimum atomic E-state index is -0.925. The Hall–Kier alpha value is -1.29. The van der Waals surface area contributed by atoms with Crippen molar-refractivity contribution in [3.05, 3.63) is 23.7 Å². The molecule has 18 heavy (non-hydrogen) atoms. The molecule has 2 rings (SSSR count). The number of carbonyl (C=O) groups is 1. The van der Waals surface area contributed by atoms with E-state index in [1.54, 1.807) is 0 Å². The monoisotopic (exact) mass is 251 g/mol. The van der Waals surface area contributed by atoms with Crippen LogP contribution in [0.1, 0.15) is 54.6 Å². The van der Waals surface area contributed by atoms with Gasteiger partial charge in [0, 0.05) is 0 Å². The Morgan fingerprint density at radius 1 is 1.44 bits per heavy atom. The molecule has 4 nitrogen and oxygen atoms in total. The summed E-state index contributed by atoms with van der Waals surface area (Å²) in [5.41, 5.74) is 0.262. The van der Waals surface area contributed by atoms with Crippen LogP contribution in [-0.4, -0.2) is 17.6 Å². The molecule has 1 heterocycles. The van der Waals surface area contributed by atoms with Crippen molar-refractivity contribution in [3.63, 3.8) is 0 Å². The summed E-state index contributed by atoms with van der Waals surface area (Å²) in [6.07, 6.45) is 9.45. The molecule has 1 aliphatic rings. The second-order valence-electron chi connectivity index (χ2n) is 5.03. The lowest BCUT2D eigenvalue weighted by Gasteiger charge is -2.08. The van der Waals surface area contributed by atoms with Crippen LogP contribution < -0.4 is 5.32 Å². The first-order valence-corrected chi connectivity index (χ1v) is 6.77. The Morgan fingerprint density at radius 2 is 2.22 bits per heavy atom. The lowest BCUT2D eigenvalue weighted by atomic mass is 10.0. The lowest BCUT2D eigenvalue weighted by Crippen LogP contribution is -2.16. The molecule has 0 unspecified atom stereocenters. The third-order valence-electron chi connectivity index (χ3n) is 3.70. The third-order valence-corrected chi connectivity index (χ3v) is 3.70. The van der Waals surface area contributed by atoms with Crippen LogP contribution in [0.2, 0.25) is 0 Å². The van der Waals surface area contributed by atoms with Gasteiger partial charge in [-0.2, -0.15) is 0 Å². The van der Waals surface area contributed by atoms with Crippen LogP contribution in [-0.2, 0) is 6.54 Å². The number of furan rings is 1. The number of hydrogen-bond donors (Lipinski definition) is 2. The number of carboxylic acid groups (broad SMARTS) is 1. The molecule has 0 radical (unpaired) electrons. The van der Waals surface area contributed by atoms with E-state index in [1.165, 1.54) is 44.4 Å². The fourth-order valence-corrected chi connectivity index (χ4v) is 2.68. The first-order valence-electron chi connectivity index (χ1n) is 6.77. The van der Waals surface area contributed by atoms with Crippen LogP contribution in [0, 0.1) is 5.92 Å². The van der Waals surface area contributed by atoms with E-state index < -0.39 is 5.97 Å². The summed E-state index contributed by atoms with van der Waals surface area (Å²) in [6.45, 7) is 1.43. The highest BCUT2D eigenvalue weighted by Crippen LogP contribution is 2.28. The molecule has 0 amide bonds. The number of hydrogen-bond acceptors (Lipinski definition) is 3. The lowest BCUT2D eigenvalue weighted by molar-refractivity contribution is 0.0694. The fourth-order valence-electron chi connectivity index (χ4n) is 2.68. The normalized spacial score (nSPS) is 16.2. The zero-order valence-corrected chi connectivity index (χ0v) is 10.7. The zero-order valence-electron chi connectivity index (χ0n) is 10.7. The largest absolute Gasteiger partial charge is 0.478 e. The number of aromatic carboxylic acids is 1. The van der Waals surface area contributed by atoms with Crippen LogP contribution in [0.5, 0.6) is 0 Å². The van der Waals surface area contributed by atoms with Gasteiger partial charge in [0.05, 0.1) is 12.8 Å². The van der Waals surface area contributed by atoms with Gasteiger partial charge in [-0.1, -0.05) is 25.7 Å². The van der Waals surface area contributed by atoms with Gasteiger partial charge in [0.25, 0.3) is 0 Å². The van der Waals surface area contributed by atoms with E-state index in [9.17, 15) is 4.79 Å². The summed E-state index contributed by atoms with van der Waals surface area (Å²) >= 11 is 0. The molecule has 0 atom stereocenters. The quantitative estimate of drug-likeness (QED) is 0.731. The van der Waals surface area contributed by atoms with E-state index in [1.807, 2.05) is 0 Å². The summed E-state index contributed by atoms with van der Waals surface area (Å²) in [4.78, 5) is 10.9. The third kappa shape index (κ3) is 3.60. The molecule has 1 fully saturated rings. The average molecular weight is 251 g/mol. The van der Waals surface area contributed by atoms with E-state index >= 15 is 0 Å². The summed E-state index contributed by atoms with van der Waals surface area (Å²) in [6, 6.07) is 1.50. The fraction of sp³-hybridized carbons (Fsp3) is 0.643. The van der Waals surface area contributed by atoms with Gasteiger partial charge in [-0.15, -0.1) is 0 Å². The van der Waals surface area contributed by atoms with E-state index in [4.69, 9.17) is 9.52 Å². The Bertz CT molecular complexity index is 380. The topological polar surface area (TPSA) is 62.5 Å². The SMILES string of the molecule is O=C(O)c1ccoc1CNCCCC1CCCC1. The molecule has 0 aliphatic heterocycles. The van der Waals surface area contributed by atoms with Gasteiger partial charge in [0.15, 0.2) is 0 Å². The van der Waals surface area contributed by atoms with Crippen molar-refractivity contribution in [3.8, 4) is 0 Å². The van der Waals surface area contributed by atoms with Gasteiger partial charge in [0.2, 0.25) is 0 Å². The first kappa shape index (κ1) is 13.1. The van der Waals surface area contributed by atoms with Gasteiger partial charge < -0.3 is 14.8 Å². The van der Waals surface area contributed by atoms with Crippen molar-refractivity contribution in [1.29, 1.82) is 0 Å². The highest BCUT2D eigenvalue weighted by atomic mass is 16.4. The predicted octanol–water partition coefficient (Wildman–Crippen LogP) is 3.04. The van der Waals surface area contributed by atoms with Crippen LogP contribution in [0.3, 0.4) is 0 Å². The molecule has 0 saturated heterocycles. The standard InChI is InChI=1S/C14H21NO3/c16-14(17)12-7-9-18-13(12)10-15-8-3-6-11-4-1-2-5-11/h7,9,11,15H,1-6,8,10H2,(H,16,17).